The van der Waals surface area contributed by atoms with Gasteiger partial charge in [-0.25, -0.2) is 0 Å². The molecule has 0 aliphatic carbocycles. The lowest BCUT2D eigenvalue weighted by Crippen LogP contribution is -1.90. The molecule has 0 saturated heterocycles. The van der Waals surface area contributed by atoms with Crippen LogP contribution in [0.15, 0.2) is 42.6 Å². The van der Waals surface area contributed by atoms with Crippen LogP contribution in [0.3, 0.4) is 0 Å². The predicted octanol–water partition coefficient (Wildman–Crippen LogP) is 2.04. The van der Waals surface area contributed by atoms with Gasteiger partial charge >= 0.3 is 0 Å². The van der Waals surface area contributed by atoms with Crippen molar-refractivity contribution in [3.63, 3.8) is 0 Å². The van der Waals surface area contributed by atoms with E-state index >= 15 is 0 Å². The maximum Gasteiger partial charge on any atom is 0.0974 e. The van der Waals surface area contributed by atoms with E-state index in [0.717, 1.165) is 16.7 Å². The molecule has 2 nitrogen and oxygen atoms in total. The topological polar surface area (TPSA) is 33.1 Å². The van der Waals surface area contributed by atoms with Crippen LogP contribution in [-0.4, -0.2) is 10.1 Å². The standard InChI is InChI=1S/C12H10NO/c14-9-11-6-7-13-8-12(11)10-4-2-1-3-5-10/h1-7,14H,9H2. The molecule has 69 valence electrons. The Kier molecular flexibility index (Phi) is 2.56. The fourth-order valence-electron chi connectivity index (χ4n) is 1.37. The van der Waals surface area contributed by atoms with Gasteiger partial charge in [-0.3, -0.25) is 4.98 Å². The lowest BCUT2D eigenvalue weighted by molar-refractivity contribution is 0.282. The minimum atomic E-state index is 0.0171. The van der Waals surface area contributed by atoms with Gasteiger partial charge in [0.15, 0.2) is 0 Å². The summed E-state index contributed by atoms with van der Waals surface area (Å²) in [6.45, 7) is 0.0171. The monoisotopic (exact) mass is 184 g/mol. The van der Waals surface area contributed by atoms with E-state index in [9.17, 15) is 0 Å². The molecule has 0 fully saturated rings. The molecule has 1 aromatic carbocycles. The van der Waals surface area contributed by atoms with Crippen LogP contribution in [-0.2, 0) is 6.61 Å². The Balaban J connectivity index is 2.51. The first-order valence-corrected chi connectivity index (χ1v) is 4.43. The van der Waals surface area contributed by atoms with E-state index < -0.39 is 0 Å². The van der Waals surface area contributed by atoms with Gasteiger partial charge in [0.2, 0.25) is 0 Å². The Morgan fingerprint density at radius 2 is 1.93 bits per heavy atom. The smallest absolute Gasteiger partial charge is 0.0974 e. The number of hydrogen-bond acceptors (Lipinski definition) is 2. The zero-order valence-electron chi connectivity index (χ0n) is 7.64. The molecule has 2 aromatic rings. The Morgan fingerprint density at radius 1 is 1.14 bits per heavy atom. The largest absolute Gasteiger partial charge is 0.392 e. The minimum Gasteiger partial charge on any atom is -0.392 e. The van der Waals surface area contributed by atoms with Crippen LogP contribution in [0.1, 0.15) is 5.56 Å². The van der Waals surface area contributed by atoms with Crippen LogP contribution in [0, 0.1) is 6.20 Å². The van der Waals surface area contributed by atoms with E-state index in [4.69, 9.17) is 5.11 Å². The molecular weight excluding hydrogens is 174 g/mol. The third-order valence-electron chi connectivity index (χ3n) is 2.08. The zero-order chi connectivity index (χ0) is 9.80. The molecular formula is C12H10NO. The van der Waals surface area contributed by atoms with Crippen molar-refractivity contribution in [2.45, 2.75) is 6.61 Å². The van der Waals surface area contributed by atoms with Gasteiger partial charge in [0.1, 0.15) is 0 Å². The predicted molar refractivity (Wildman–Crippen MR) is 54.4 cm³/mol. The lowest BCUT2D eigenvalue weighted by Gasteiger charge is -2.04. The van der Waals surface area contributed by atoms with E-state index in [1.165, 1.54) is 0 Å². The molecule has 0 bridgehead atoms. The van der Waals surface area contributed by atoms with Crippen LogP contribution < -0.4 is 0 Å². The van der Waals surface area contributed by atoms with E-state index in [2.05, 4.69) is 11.2 Å². The summed E-state index contributed by atoms with van der Waals surface area (Å²) in [5, 5.41) is 9.13. The minimum absolute atomic E-state index is 0.0171. The summed E-state index contributed by atoms with van der Waals surface area (Å²) in [4.78, 5) is 3.93. The van der Waals surface area contributed by atoms with E-state index in [1.54, 1.807) is 12.3 Å². The van der Waals surface area contributed by atoms with Crippen LogP contribution in [0.4, 0.5) is 0 Å². The quantitative estimate of drug-likeness (QED) is 0.774. The van der Waals surface area contributed by atoms with Crippen LogP contribution in [0.5, 0.6) is 0 Å². The summed E-state index contributed by atoms with van der Waals surface area (Å²) in [5.41, 5.74) is 2.76. The molecule has 1 radical (unpaired) electrons. The number of aromatic nitrogens is 1. The number of aliphatic hydroxyl groups excluding tert-OH is 1. The number of nitrogens with zero attached hydrogens (tertiary/aromatic N) is 1. The number of aliphatic hydroxyl groups is 1. The first-order chi connectivity index (χ1) is 6.92. The van der Waals surface area contributed by atoms with Crippen molar-refractivity contribution in [3.8, 4) is 11.1 Å². The lowest BCUT2D eigenvalue weighted by atomic mass is 10.0. The summed E-state index contributed by atoms with van der Waals surface area (Å²) in [6.07, 6.45) is 4.53. The van der Waals surface area contributed by atoms with Gasteiger partial charge < -0.3 is 5.11 Å². The third-order valence-corrected chi connectivity index (χ3v) is 2.08. The molecule has 0 unspecified atom stereocenters. The molecule has 0 aliphatic heterocycles. The highest BCUT2D eigenvalue weighted by molar-refractivity contribution is 5.65. The van der Waals surface area contributed by atoms with Crippen LogP contribution in [0.25, 0.3) is 11.1 Å². The Hall–Kier alpha value is -1.67. The van der Waals surface area contributed by atoms with Gasteiger partial charge in [-0.05, 0) is 17.2 Å². The van der Waals surface area contributed by atoms with E-state index in [-0.39, 0.29) is 6.61 Å². The first-order valence-electron chi connectivity index (χ1n) is 4.43. The summed E-state index contributed by atoms with van der Waals surface area (Å²) < 4.78 is 0. The molecule has 1 heterocycles. The van der Waals surface area contributed by atoms with E-state index in [1.807, 2.05) is 30.3 Å². The molecule has 1 N–H and O–H groups in total. The number of benzene rings is 1. The van der Waals surface area contributed by atoms with Crippen molar-refractivity contribution in [1.29, 1.82) is 0 Å². The third kappa shape index (κ3) is 1.65. The van der Waals surface area contributed by atoms with Gasteiger partial charge in [0.25, 0.3) is 0 Å². The average molecular weight is 184 g/mol. The van der Waals surface area contributed by atoms with Gasteiger partial charge in [-0.2, -0.15) is 0 Å². The number of hydrogen-bond donors (Lipinski definition) is 1. The molecule has 0 amide bonds. The molecule has 0 atom stereocenters. The number of pyridine rings is 1. The SMILES string of the molecule is OCc1ccn[c]c1-c1ccccc1. The van der Waals surface area contributed by atoms with Gasteiger partial charge in [-0.1, -0.05) is 30.3 Å². The van der Waals surface area contributed by atoms with Crippen molar-refractivity contribution in [2.24, 2.45) is 0 Å². The second-order valence-electron chi connectivity index (χ2n) is 2.98. The fraction of sp³-hybridized carbons (Fsp3) is 0.0833. The molecule has 0 saturated carbocycles. The van der Waals surface area contributed by atoms with Gasteiger partial charge in [0, 0.05) is 11.8 Å². The highest BCUT2D eigenvalue weighted by Gasteiger charge is 2.03. The maximum atomic E-state index is 9.13. The number of rotatable bonds is 2. The van der Waals surface area contributed by atoms with Crippen molar-refractivity contribution in [3.05, 3.63) is 54.4 Å². The molecule has 1 aromatic heterocycles. The first kappa shape index (κ1) is 8.91. The normalized spacial score (nSPS) is 10.1. The van der Waals surface area contributed by atoms with Crippen molar-refractivity contribution >= 4 is 0 Å². The highest BCUT2D eigenvalue weighted by atomic mass is 16.3. The summed E-state index contributed by atoms with van der Waals surface area (Å²) in [6, 6.07) is 11.6. The summed E-state index contributed by atoms with van der Waals surface area (Å²) >= 11 is 0. The molecule has 0 aliphatic rings. The second-order valence-corrected chi connectivity index (χ2v) is 2.98. The van der Waals surface area contributed by atoms with Crippen molar-refractivity contribution < 1.29 is 5.11 Å². The van der Waals surface area contributed by atoms with Crippen LogP contribution >= 0.6 is 0 Å². The molecule has 0 spiro atoms. The van der Waals surface area contributed by atoms with Gasteiger partial charge in [0.05, 0.1) is 12.8 Å². The summed E-state index contributed by atoms with van der Waals surface area (Å²) in [5.74, 6) is 0. The Labute approximate surface area is 82.9 Å². The van der Waals surface area contributed by atoms with Crippen LogP contribution in [0.2, 0.25) is 0 Å². The average Bonchev–Trinajstić information content (AvgIpc) is 2.30. The molecule has 14 heavy (non-hydrogen) atoms. The Morgan fingerprint density at radius 3 is 2.64 bits per heavy atom. The fourth-order valence-corrected chi connectivity index (χ4v) is 1.37. The van der Waals surface area contributed by atoms with Gasteiger partial charge in [-0.15, -0.1) is 0 Å². The zero-order valence-corrected chi connectivity index (χ0v) is 7.64. The molecule has 2 heteroatoms. The molecule has 2 rings (SSSR count). The van der Waals surface area contributed by atoms with Crippen molar-refractivity contribution in [1.82, 2.24) is 4.98 Å². The Bertz CT molecular complexity index is 412. The second kappa shape index (κ2) is 4.03. The summed E-state index contributed by atoms with van der Waals surface area (Å²) in [7, 11) is 0. The maximum absolute atomic E-state index is 9.13. The highest BCUT2D eigenvalue weighted by Crippen LogP contribution is 2.21. The van der Waals surface area contributed by atoms with Crippen molar-refractivity contribution in [2.75, 3.05) is 0 Å². The van der Waals surface area contributed by atoms with E-state index in [0.29, 0.717) is 0 Å².